The zero-order valence-electron chi connectivity index (χ0n) is 14.9. The summed E-state index contributed by atoms with van der Waals surface area (Å²) in [6, 6.07) is 6.36. The van der Waals surface area contributed by atoms with Crippen LogP contribution in [0.5, 0.6) is 0 Å². The van der Waals surface area contributed by atoms with E-state index in [1.807, 2.05) is 4.90 Å². The second-order valence-electron chi connectivity index (χ2n) is 7.01. The Morgan fingerprint density at radius 1 is 1.08 bits per heavy atom. The Morgan fingerprint density at radius 3 is 2.38 bits per heavy atom. The van der Waals surface area contributed by atoms with Crippen molar-refractivity contribution >= 4 is 24.2 Å². The molecule has 1 heterocycles. The summed E-state index contributed by atoms with van der Waals surface area (Å²) in [5, 5.41) is 0. The number of amides is 2. The van der Waals surface area contributed by atoms with Crippen LogP contribution in [0.3, 0.4) is 0 Å². The summed E-state index contributed by atoms with van der Waals surface area (Å²) in [4.78, 5) is 28.7. The summed E-state index contributed by atoms with van der Waals surface area (Å²) in [5.41, 5.74) is 6.20. The van der Waals surface area contributed by atoms with Gasteiger partial charge in [-0.05, 0) is 36.9 Å². The lowest BCUT2D eigenvalue weighted by atomic mass is 9.94. The number of halogens is 2. The van der Waals surface area contributed by atoms with Gasteiger partial charge >= 0.3 is 0 Å². The van der Waals surface area contributed by atoms with E-state index in [1.165, 1.54) is 6.07 Å². The Kier molecular flexibility index (Phi) is 7.41. The average Bonchev–Trinajstić information content (AvgIpc) is 3.12. The molecule has 5 nitrogen and oxygen atoms in total. The highest BCUT2D eigenvalue weighted by molar-refractivity contribution is 5.85. The van der Waals surface area contributed by atoms with Crippen LogP contribution in [-0.4, -0.2) is 54.3 Å². The van der Waals surface area contributed by atoms with Crippen molar-refractivity contribution in [2.45, 2.75) is 25.7 Å². The molecule has 1 aromatic carbocycles. The predicted octanol–water partition coefficient (Wildman–Crippen LogP) is 1.84. The molecule has 1 saturated heterocycles. The summed E-state index contributed by atoms with van der Waals surface area (Å²) in [6.07, 6.45) is 3.10. The Hall–Kier alpha value is -1.66. The number of nitrogens with zero attached hydrogens (tertiary/aromatic N) is 2. The molecule has 0 bridgehead atoms. The molecule has 1 aliphatic heterocycles. The van der Waals surface area contributed by atoms with Crippen molar-refractivity contribution in [3.8, 4) is 0 Å². The van der Waals surface area contributed by atoms with Crippen molar-refractivity contribution in [1.82, 2.24) is 9.80 Å². The lowest BCUT2D eigenvalue weighted by molar-refractivity contribution is -0.142. The SMILES string of the molecule is Cl.NC[C@H]1CCC[C@H]1C(=O)N1CCN(C(=O)Cc2ccccc2F)CC1. The molecule has 0 spiro atoms. The smallest absolute Gasteiger partial charge is 0.227 e. The Bertz CT molecular complexity index is 635. The van der Waals surface area contributed by atoms with Crippen LogP contribution in [0.25, 0.3) is 0 Å². The molecular formula is C19H27ClFN3O2. The number of benzene rings is 1. The van der Waals surface area contributed by atoms with E-state index in [0.29, 0.717) is 44.2 Å². The average molecular weight is 384 g/mol. The summed E-state index contributed by atoms with van der Waals surface area (Å²) in [6.45, 7) is 2.70. The number of nitrogens with two attached hydrogens (primary N) is 1. The van der Waals surface area contributed by atoms with Gasteiger partial charge in [-0.3, -0.25) is 9.59 Å². The second-order valence-corrected chi connectivity index (χ2v) is 7.01. The van der Waals surface area contributed by atoms with Crippen molar-refractivity contribution in [3.63, 3.8) is 0 Å². The Labute approximate surface area is 160 Å². The van der Waals surface area contributed by atoms with Crippen molar-refractivity contribution in [3.05, 3.63) is 35.6 Å². The van der Waals surface area contributed by atoms with Gasteiger partial charge in [0.1, 0.15) is 5.82 Å². The number of hydrogen-bond donors (Lipinski definition) is 1. The summed E-state index contributed by atoms with van der Waals surface area (Å²) in [7, 11) is 0. The molecule has 2 N–H and O–H groups in total. The third kappa shape index (κ3) is 4.54. The normalized spacial score (nSPS) is 22.8. The minimum Gasteiger partial charge on any atom is -0.339 e. The number of carbonyl (C=O) groups is 2. The summed E-state index contributed by atoms with van der Waals surface area (Å²) < 4.78 is 13.7. The number of carbonyl (C=O) groups excluding carboxylic acids is 2. The van der Waals surface area contributed by atoms with E-state index in [9.17, 15) is 14.0 Å². The van der Waals surface area contributed by atoms with E-state index in [2.05, 4.69) is 0 Å². The molecule has 7 heteroatoms. The van der Waals surface area contributed by atoms with Crippen LogP contribution in [-0.2, 0) is 16.0 Å². The molecule has 144 valence electrons. The second kappa shape index (κ2) is 9.33. The summed E-state index contributed by atoms with van der Waals surface area (Å²) >= 11 is 0. The molecule has 2 fully saturated rings. The molecule has 1 saturated carbocycles. The minimum atomic E-state index is -0.348. The molecule has 2 aliphatic rings. The molecule has 0 unspecified atom stereocenters. The van der Waals surface area contributed by atoms with E-state index in [1.54, 1.807) is 23.1 Å². The highest BCUT2D eigenvalue weighted by Crippen LogP contribution is 2.32. The molecule has 2 amide bonds. The maximum atomic E-state index is 13.7. The maximum Gasteiger partial charge on any atom is 0.227 e. The monoisotopic (exact) mass is 383 g/mol. The first-order valence-corrected chi connectivity index (χ1v) is 9.10. The van der Waals surface area contributed by atoms with Gasteiger partial charge in [0.05, 0.1) is 6.42 Å². The predicted molar refractivity (Wildman–Crippen MR) is 100 cm³/mol. The minimum absolute atomic E-state index is 0. The largest absolute Gasteiger partial charge is 0.339 e. The standard InChI is InChI=1S/C19H26FN3O2.ClH/c20-17-7-2-1-4-14(17)12-18(24)22-8-10-23(11-9-22)19(25)16-6-3-5-15(16)13-21;/h1-2,4,7,15-16H,3,5-6,8-13,21H2;1H/t15-,16-;/m1./s1. The maximum absolute atomic E-state index is 13.7. The quantitative estimate of drug-likeness (QED) is 0.862. The van der Waals surface area contributed by atoms with Crippen LogP contribution >= 0.6 is 12.4 Å². The van der Waals surface area contributed by atoms with Crippen LogP contribution in [0.15, 0.2) is 24.3 Å². The van der Waals surface area contributed by atoms with Crippen molar-refractivity contribution in [2.24, 2.45) is 17.6 Å². The number of piperazine rings is 1. The van der Waals surface area contributed by atoms with Gasteiger partial charge < -0.3 is 15.5 Å². The van der Waals surface area contributed by atoms with Crippen LogP contribution in [0.1, 0.15) is 24.8 Å². The molecule has 1 aliphatic carbocycles. The fraction of sp³-hybridized carbons (Fsp3) is 0.579. The highest BCUT2D eigenvalue weighted by Gasteiger charge is 2.36. The molecule has 1 aromatic rings. The first-order valence-electron chi connectivity index (χ1n) is 9.10. The van der Waals surface area contributed by atoms with Crippen LogP contribution < -0.4 is 5.73 Å². The van der Waals surface area contributed by atoms with Crippen molar-refractivity contribution in [2.75, 3.05) is 32.7 Å². The van der Waals surface area contributed by atoms with Crippen LogP contribution in [0.2, 0.25) is 0 Å². The van der Waals surface area contributed by atoms with Crippen molar-refractivity contribution in [1.29, 1.82) is 0 Å². The van der Waals surface area contributed by atoms with Crippen LogP contribution in [0, 0.1) is 17.7 Å². The molecule has 2 atom stereocenters. The molecule has 26 heavy (non-hydrogen) atoms. The zero-order chi connectivity index (χ0) is 17.8. The fourth-order valence-electron chi connectivity index (χ4n) is 3.97. The van der Waals surface area contributed by atoms with E-state index in [0.717, 1.165) is 19.3 Å². The van der Waals surface area contributed by atoms with Crippen LogP contribution in [0.4, 0.5) is 4.39 Å². The van der Waals surface area contributed by atoms with Gasteiger partial charge in [0, 0.05) is 32.1 Å². The summed E-state index contributed by atoms with van der Waals surface area (Å²) in [5.74, 6) is 0.102. The third-order valence-corrected chi connectivity index (χ3v) is 5.52. The van der Waals surface area contributed by atoms with Gasteiger partial charge in [0.15, 0.2) is 0 Å². The van der Waals surface area contributed by atoms with Gasteiger partial charge in [-0.1, -0.05) is 24.6 Å². The molecule has 3 rings (SSSR count). The Balaban J connectivity index is 0.00000243. The molecular weight excluding hydrogens is 357 g/mol. The number of hydrogen-bond acceptors (Lipinski definition) is 3. The zero-order valence-corrected chi connectivity index (χ0v) is 15.7. The van der Waals surface area contributed by atoms with Gasteiger partial charge in [0.25, 0.3) is 0 Å². The third-order valence-electron chi connectivity index (χ3n) is 5.52. The topological polar surface area (TPSA) is 66.6 Å². The van der Waals surface area contributed by atoms with E-state index in [4.69, 9.17) is 5.73 Å². The Morgan fingerprint density at radius 2 is 1.73 bits per heavy atom. The van der Waals surface area contributed by atoms with Gasteiger partial charge in [-0.2, -0.15) is 0 Å². The highest BCUT2D eigenvalue weighted by atomic mass is 35.5. The van der Waals surface area contributed by atoms with E-state index in [-0.39, 0.29) is 42.4 Å². The lowest BCUT2D eigenvalue weighted by Gasteiger charge is -2.36. The molecule has 0 aromatic heterocycles. The van der Waals surface area contributed by atoms with E-state index >= 15 is 0 Å². The lowest BCUT2D eigenvalue weighted by Crippen LogP contribution is -2.52. The van der Waals surface area contributed by atoms with E-state index < -0.39 is 0 Å². The van der Waals surface area contributed by atoms with Gasteiger partial charge in [0.2, 0.25) is 11.8 Å². The van der Waals surface area contributed by atoms with Gasteiger partial charge in [-0.15, -0.1) is 12.4 Å². The first-order chi connectivity index (χ1) is 12.1. The van der Waals surface area contributed by atoms with Gasteiger partial charge in [-0.25, -0.2) is 4.39 Å². The fourth-order valence-corrected chi connectivity index (χ4v) is 3.97. The first kappa shape index (κ1) is 20.6. The van der Waals surface area contributed by atoms with Crippen molar-refractivity contribution < 1.29 is 14.0 Å². The number of rotatable bonds is 4. The molecule has 0 radical (unpaired) electrons.